The molecular formula is C16H18N2O3. The number of benzene rings is 1. The van der Waals surface area contributed by atoms with Gasteiger partial charge in [-0.1, -0.05) is 13.0 Å². The Kier molecular flexibility index (Phi) is 3.73. The van der Waals surface area contributed by atoms with Crippen LogP contribution in [0.15, 0.2) is 22.6 Å². The van der Waals surface area contributed by atoms with E-state index in [-0.39, 0.29) is 12.3 Å². The third-order valence-corrected chi connectivity index (χ3v) is 3.86. The van der Waals surface area contributed by atoms with Crippen LogP contribution in [0.5, 0.6) is 0 Å². The zero-order chi connectivity index (χ0) is 14.8. The van der Waals surface area contributed by atoms with Crippen molar-refractivity contribution in [2.75, 3.05) is 0 Å². The fourth-order valence-corrected chi connectivity index (χ4v) is 2.83. The first-order valence-electron chi connectivity index (χ1n) is 7.28. The van der Waals surface area contributed by atoms with Gasteiger partial charge in [-0.05, 0) is 48.4 Å². The Balaban J connectivity index is 1.74. The van der Waals surface area contributed by atoms with E-state index in [1.165, 1.54) is 17.5 Å². The SMILES string of the molecule is CC(CC(=O)O)Cc1nnc(-c2ccc3c(c2)CCC3)o1. The fraction of sp³-hybridized carbons (Fsp3) is 0.438. The standard InChI is InChI=1S/C16H18N2O3/c1-10(8-15(19)20)7-14-17-18-16(21-14)13-6-5-11-3-2-4-12(11)9-13/h5-6,9-10H,2-4,7-8H2,1H3,(H,19,20). The summed E-state index contributed by atoms with van der Waals surface area (Å²) >= 11 is 0. The Labute approximate surface area is 123 Å². The third-order valence-electron chi connectivity index (χ3n) is 3.86. The average molecular weight is 286 g/mol. The van der Waals surface area contributed by atoms with Crippen molar-refractivity contribution in [2.45, 2.75) is 39.0 Å². The summed E-state index contributed by atoms with van der Waals surface area (Å²) in [5.74, 6) is 0.193. The zero-order valence-electron chi connectivity index (χ0n) is 12.0. The van der Waals surface area contributed by atoms with Crippen molar-refractivity contribution in [3.8, 4) is 11.5 Å². The van der Waals surface area contributed by atoms with Crippen LogP contribution in [0.3, 0.4) is 0 Å². The summed E-state index contributed by atoms with van der Waals surface area (Å²) < 4.78 is 5.67. The van der Waals surface area contributed by atoms with Gasteiger partial charge in [0.2, 0.25) is 11.8 Å². The molecule has 0 fully saturated rings. The van der Waals surface area contributed by atoms with Crippen LogP contribution < -0.4 is 0 Å². The molecule has 1 aliphatic rings. The van der Waals surface area contributed by atoms with E-state index in [9.17, 15) is 4.79 Å². The van der Waals surface area contributed by atoms with Gasteiger partial charge in [0.05, 0.1) is 0 Å². The Morgan fingerprint density at radius 2 is 2.14 bits per heavy atom. The highest BCUT2D eigenvalue weighted by Gasteiger charge is 2.16. The number of carboxylic acids is 1. The highest BCUT2D eigenvalue weighted by atomic mass is 16.4. The van der Waals surface area contributed by atoms with E-state index in [1.807, 2.05) is 13.0 Å². The molecule has 0 radical (unpaired) electrons. The summed E-state index contributed by atoms with van der Waals surface area (Å²) in [6, 6.07) is 6.27. The molecule has 1 aliphatic carbocycles. The molecule has 1 heterocycles. The number of aromatic nitrogens is 2. The van der Waals surface area contributed by atoms with E-state index >= 15 is 0 Å². The van der Waals surface area contributed by atoms with Gasteiger partial charge >= 0.3 is 5.97 Å². The van der Waals surface area contributed by atoms with E-state index in [0.29, 0.717) is 18.2 Å². The number of carbonyl (C=O) groups is 1. The Morgan fingerprint density at radius 3 is 2.95 bits per heavy atom. The van der Waals surface area contributed by atoms with Crippen molar-refractivity contribution in [3.63, 3.8) is 0 Å². The molecule has 1 atom stereocenters. The van der Waals surface area contributed by atoms with E-state index in [0.717, 1.165) is 18.4 Å². The predicted octanol–water partition coefficient (Wildman–Crippen LogP) is 2.88. The molecule has 110 valence electrons. The monoisotopic (exact) mass is 286 g/mol. The molecule has 1 N–H and O–H groups in total. The minimum absolute atomic E-state index is 0.0178. The molecule has 21 heavy (non-hydrogen) atoms. The molecule has 0 saturated heterocycles. The number of fused-ring (bicyclic) bond motifs is 1. The minimum Gasteiger partial charge on any atom is -0.481 e. The second kappa shape index (κ2) is 5.68. The van der Waals surface area contributed by atoms with Crippen LogP contribution in [0, 0.1) is 5.92 Å². The number of aliphatic carboxylic acids is 1. The highest BCUT2D eigenvalue weighted by Crippen LogP contribution is 2.27. The van der Waals surface area contributed by atoms with Gasteiger partial charge in [0.1, 0.15) is 0 Å². The quantitative estimate of drug-likeness (QED) is 0.914. The van der Waals surface area contributed by atoms with Gasteiger partial charge in [-0.2, -0.15) is 0 Å². The number of hydrogen-bond acceptors (Lipinski definition) is 4. The molecular weight excluding hydrogens is 268 g/mol. The number of hydrogen-bond donors (Lipinski definition) is 1. The molecule has 0 saturated carbocycles. The molecule has 1 aromatic carbocycles. The summed E-state index contributed by atoms with van der Waals surface area (Å²) in [6.45, 7) is 1.87. The second-order valence-electron chi connectivity index (χ2n) is 5.75. The molecule has 3 rings (SSSR count). The summed E-state index contributed by atoms with van der Waals surface area (Å²) in [5, 5.41) is 16.9. The number of carboxylic acid groups (broad SMARTS) is 1. The van der Waals surface area contributed by atoms with Crippen molar-refractivity contribution in [3.05, 3.63) is 35.2 Å². The van der Waals surface area contributed by atoms with Crippen LogP contribution in [0.4, 0.5) is 0 Å². The van der Waals surface area contributed by atoms with Crippen LogP contribution >= 0.6 is 0 Å². The lowest BCUT2D eigenvalue weighted by atomic mass is 10.0. The van der Waals surface area contributed by atoms with Crippen LogP contribution in [-0.2, 0) is 24.1 Å². The number of nitrogens with zero attached hydrogens (tertiary/aromatic N) is 2. The number of rotatable bonds is 5. The topological polar surface area (TPSA) is 76.2 Å². The molecule has 5 heteroatoms. The van der Waals surface area contributed by atoms with Crippen LogP contribution in [0.2, 0.25) is 0 Å². The van der Waals surface area contributed by atoms with Crippen molar-refractivity contribution in [1.82, 2.24) is 10.2 Å². The van der Waals surface area contributed by atoms with Gasteiger partial charge in [-0.15, -0.1) is 10.2 Å². The summed E-state index contributed by atoms with van der Waals surface area (Å²) in [6.07, 6.45) is 4.07. The van der Waals surface area contributed by atoms with Crippen molar-refractivity contribution >= 4 is 5.97 Å². The van der Waals surface area contributed by atoms with Crippen molar-refractivity contribution in [2.24, 2.45) is 5.92 Å². The van der Waals surface area contributed by atoms with Crippen LogP contribution in [-0.4, -0.2) is 21.3 Å². The fourth-order valence-electron chi connectivity index (χ4n) is 2.83. The van der Waals surface area contributed by atoms with Gasteiger partial charge in [0.15, 0.2) is 0 Å². The second-order valence-corrected chi connectivity index (χ2v) is 5.75. The Bertz CT molecular complexity index is 663. The van der Waals surface area contributed by atoms with Gasteiger partial charge in [-0.25, -0.2) is 0 Å². The summed E-state index contributed by atoms with van der Waals surface area (Å²) in [7, 11) is 0. The van der Waals surface area contributed by atoms with Gasteiger partial charge in [0.25, 0.3) is 0 Å². The lowest BCUT2D eigenvalue weighted by Crippen LogP contribution is -2.07. The molecule has 0 bridgehead atoms. The lowest BCUT2D eigenvalue weighted by molar-refractivity contribution is -0.137. The van der Waals surface area contributed by atoms with E-state index < -0.39 is 5.97 Å². The normalized spacial score (nSPS) is 14.9. The van der Waals surface area contributed by atoms with Gasteiger partial charge < -0.3 is 9.52 Å². The first-order valence-corrected chi connectivity index (χ1v) is 7.28. The molecule has 2 aromatic rings. The largest absolute Gasteiger partial charge is 0.481 e. The van der Waals surface area contributed by atoms with Gasteiger partial charge in [0, 0.05) is 18.4 Å². The molecule has 0 amide bonds. The predicted molar refractivity (Wildman–Crippen MR) is 76.9 cm³/mol. The summed E-state index contributed by atoms with van der Waals surface area (Å²) in [5.41, 5.74) is 3.72. The maximum Gasteiger partial charge on any atom is 0.303 e. The first kappa shape index (κ1) is 13.8. The Hall–Kier alpha value is -2.17. The molecule has 5 nitrogen and oxygen atoms in total. The van der Waals surface area contributed by atoms with E-state index in [4.69, 9.17) is 9.52 Å². The van der Waals surface area contributed by atoms with Crippen molar-refractivity contribution < 1.29 is 14.3 Å². The molecule has 1 aromatic heterocycles. The first-order chi connectivity index (χ1) is 10.1. The van der Waals surface area contributed by atoms with E-state index in [2.05, 4.69) is 22.3 Å². The maximum absolute atomic E-state index is 10.7. The Morgan fingerprint density at radius 1 is 1.33 bits per heavy atom. The zero-order valence-corrected chi connectivity index (χ0v) is 12.0. The molecule has 1 unspecified atom stereocenters. The van der Waals surface area contributed by atoms with Gasteiger partial charge in [-0.3, -0.25) is 4.79 Å². The smallest absolute Gasteiger partial charge is 0.303 e. The van der Waals surface area contributed by atoms with Crippen LogP contribution in [0.1, 0.15) is 36.8 Å². The third kappa shape index (κ3) is 3.12. The van der Waals surface area contributed by atoms with Crippen molar-refractivity contribution in [1.29, 1.82) is 0 Å². The highest BCUT2D eigenvalue weighted by molar-refractivity contribution is 5.67. The maximum atomic E-state index is 10.7. The van der Waals surface area contributed by atoms with Crippen LogP contribution in [0.25, 0.3) is 11.5 Å². The minimum atomic E-state index is -0.805. The molecule has 0 aliphatic heterocycles. The number of aryl methyl sites for hydroxylation is 2. The van der Waals surface area contributed by atoms with E-state index in [1.54, 1.807) is 0 Å². The molecule has 0 spiro atoms. The summed E-state index contributed by atoms with van der Waals surface area (Å²) in [4.78, 5) is 10.7. The lowest BCUT2D eigenvalue weighted by Gasteiger charge is -2.04. The average Bonchev–Trinajstić information content (AvgIpc) is 3.04.